The SMILES string of the molecule is CC(C)S(=O)(=O)Nc1ccc(-c2c(C#N)c3ccc(N4CCCCC4)cc3n2C2CCC2)cc1. The number of hydrogen-bond donors (Lipinski definition) is 1. The number of sulfonamides is 1. The second-order valence-corrected chi connectivity index (χ2v) is 12.0. The third-order valence-electron chi connectivity index (χ3n) is 7.30. The van der Waals surface area contributed by atoms with Gasteiger partial charge in [-0.1, -0.05) is 12.1 Å². The van der Waals surface area contributed by atoms with Gasteiger partial charge in [0.2, 0.25) is 10.0 Å². The van der Waals surface area contributed by atoms with Crippen LogP contribution < -0.4 is 9.62 Å². The molecule has 0 radical (unpaired) electrons. The van der Waals surface area contributed by atoms with E-state index in [9.17, 15) is 13.7 Å². The predicted molar refractivity (Wildman–Crippen MR) is 139 cm³/mol. The van der Waals surface area contributed by atoms with Crippen LogP contribution in [0.4, 0.5) is 11.4 Å². The third-order valence-corrected chi connectivity index (χ3v) is 9.06. The van der Waals surface area contributed by atoms with E-state index in [4.69, 9.17) is 0 Å². The van der Waals surface area contributed by atoms with E-state index in [0.29, 0.717) is 17.3 Å². The highest BCUT2D eigenvalue weighted by atomic mass is 32.2. The minimum Gasteiger partial charge on any atom is -0.371 e. The molecule has 2 aromatic carbocycles. The van der Waals surface area contributed by atoms with Crippen molar-refractivity contribution in [3.05, 3.63) is 48.0 Å². The average Bonchev–Trinajstić information content (AvgIpc) is 3.12. The van der Waals surface area contributed by atoms with E-state index in [-0.39, 0.29) is 0 Å². The Morgan fingerprint density at radius 3 is 2.29 bits per heavy atom. The number of aromatic nitrogens is 1. The molecule has 1 aliphatic heterocycles. The van der Waals surface area contributed by atoms with Crippen molar-refractivity contribution >= 4 is 32.3 Å². The van der Waals surface area contributed by atoms with Crippen LogP contribution in [0.5, 0.6) is 0 Å². The largest absolute Gasteiger partial charge is 0.371 e. The lowest BCUT2D eigenvalue weighted by Crippen LogP contribution is -2.29. The average molecular weight is 477 g/mol. The fourth-order valence-corrected chi connectivity index (χ4v) is 5.75. The highest BCUT2D eigenvalue weighted by Crippen LogP contribution is 2.43. The molecule has 1 aliphatic carbocycles. The summed E-state index contributed by atoms with van der Waals surface area (Å²) in [6, 6.07) is 16.8. The van der Waals surface area contributed by atoms with E-state index in [1.807, 2.05) is 12.1 Å². The molecule has 34 heavy (non-hydrogen) atoms. The number of hydrogen-bond acceptors (Lipinski definition) is 4. The van der Waals surface area contributed by atoms with Crippen molar-refractivity contribution in [2.75, 3.05) is 22.7 Å². The first-order chi connectivity index (χ1) is 16.4. The maximum atomic E-state index is 12.3. The van der Waals surface area contributed by atoms with Crippen molar-refractivity contribution in [3.63, 3.8) is 0 Å². The monoisotopic (exact) mass is 476 g/mol. The number of anilines is 2. The maximum Gasteiger partial charge on any atom is 0.235 e. The summed E-state index contributed by atoms with van der Waals surface area (Å²) in [5.41, 5.74) is 5.48. The molecular formula is C27H32N4O2S. The molecule has 2 fully saturated rings. The first-order valence-electron chi connectivity index (χ1n) is 12.3. The summed E-state index contributed by atoms with van der Waals surface area (Å²) in [5, 5.41) is 10.7. The lowest BCUT2D eigenvalue weighted by molar-refractivity contribution is 0.324. The Hall–Kier alpha value is -2.98. The van der Waals surface area contributed by atoms with Gasteiger partial charge in [-0.2, -0.15) is 5.26 Å². The van der Waals surface area contributed by atoms with Gasteiger partial charge >= 0.3 is 0 Å². The van der Waals surface area contributed by atoms with Crippen molar-refractivity contribution in [1.29, 1.82) is 5.26 Å². The molecule has 0 bridgehead atoms. The number of nitriles is 1. The van der Waals surface area contributed by atoms with Gasteiger partial charge in [0.05, 0.1) is 22.0 Å². The molecule has 1 saturated heterocycles. The van der Waals surface area contributed by atoms with Crippen molar-refractivity contribution in [2.45, 2.75) is 63.7 Å². The van der Waals surface area contributed by atoms with Crippen LogP contribution in [0.25, 0.3) is 22.2 Å². The molecule has 3 aromatic rings. The summed E-state index contributed by atoms with van der Waals surface area (Å²) in [5.74, 6) is 0. The lowest BCUT2D eigenvalue weighted by atomic mass is 9.92. The van der Waals surface area contributed by atoms with Gasteiger partial charge in [0.25, 0.3) is 0 Å². The number of rotatable bonds is 6. The highest BCUT2D eigenvalue weighted by molar-refractivity contribution is 7.93. The zero-order valence-electron chi connectivity index (χ0n) is 19.9. The Kier molecular flexibility index (Phi) is 6.03. The lowest BCUT2D eigenvalue weighted by Gasteiger charge is -2.31. The molecule has 6 nitrogen and oxygen atoms in total. The van der Waals surface area contributed by atoms with Crippen molar-refractivity contribution < 1.29 is 8.42 Å². The van der Waals surface area contributed by atoms with E-state index in [1.165, 1.54) is 31.4 Å². The highest BCUT2D eigenvalue weighted by Gasteiger charge is 2.28. The Labute approximate surface area is 202 Å². The molecule has 1 saturated carbocycles. The smallest absolute Gasteiger partial charge is 0.235 e. The Bertz CT molecular complexity index is 1340. The zero-order valence-corrected chi connectivity index (χ0v) is 20.7. The molecule has 2 heterocycles. The van der Waals surface area contributed by atoms with Crippen LogP contribution >= 0.6 is 0 Å². The maximum absolute atomic E-state index is 12.3. The molecular weight excluding hydrogens is 444 g/mol. The number of benzene rings is 2. The number of fused-ring (bicyclic) bond motifs is 1. The first kappa shape index (κ1) is 22.8. The van der Waals surface area contributed by atoms with Gasteiger partial charge in [-0.15, -0.1) is 0 Å². The van der Waals surface area contributed by atoms with Gasteiger partial charge in [0.1, 0.15) is 6.07 Å². The van der Waals surface area contributed by atoms with Crippen LogP contribution in [-0.4, -0.2) is 31.3 Å². The zero-order chi connectivity index (χ0) is 23.9. The molecule has 0 atom stereocenters. The normalized spacial score (nSPS) is 17.1. The van der Waals surface area contributed by atoms with Crippen LogP contribution in [0.3, 0.4) is 0 Å². The van der Waals surface area contributed by atoms with E-state index in [0.717, 1.165) is 48.1 Å². The number of nitrogens with zero attached hydrogens (tertiary/aromatic N) is 3. The van der Waals surface area contributed by atoms with Crippen LogP contribution in [0.15, 0.2) is 42.5 Å². The predicted octanol–water partition coefficient (Wildman–Crippen LogP) is 6.05. The van der Waals surface area contributed by atoms with Crippen molar-refractivity contribution in [2.24, 2.45) is 0 Å². The number of nitrogens with one attached hydrogen (secondary N) is 1. The third kappa shape index (κ3) is 4.05. The van der Waals surface area contributed by atoms with Crippen LogP contribution in [0.1, 0.15) is 64.0 Å². The fourth-order valence-electron chi connectivity index (χ4n) is 5.05. The molecule has 7 heteroatoms. The molecule has 0 spiro atoms. The number of piperidine rings is 1. The minimum absolute atomic E-state index is 0.385. The van der Waals surface area contributed by atoms with Crippen LogP contribution in [-0.2, 0) is 10.0 Å². The summed E-state index contributed by atoms with van der Waals surface area (Å²) in [6.45, 7) is 5.49. The van der Waals surface area contributed by atoms with Crippen molar-refractivity contribution in [1.82, 2.24) is 4.57 Å². The van der Waals surface area contributed by atoms with Gasteiger partial charge in [0.15, 0.2) is 0 Å². The summed E-state index contributed by atoms with van der Waals surface area (Å²) in [6.07, 6.45) is 7.17. The van der Waals surface area contributed by atoms with Gasteiger partial charge < -0.3 is 9.47 Å². The van der Waals surface area contributed by atoms with Crippen molar-refractivity contribution in [3.8, 4) is 17.3 Å². The van der Waals surface area contributed by atoms with Gasteiger partial charge in [-0.3, -0.25) is 4.72 Å². The quantitative estimate of drug-likeness (QED) is 0.470. The van der Waals surface area contributed by atoms with E-state index < -0.39 is 15.3 Å². The van der Waals surface area contributed by atoms with E-state index in [1.54, 1.807) is 26.0 Å². The molecule has 1 aromatic heterocycles. The fraction of sp³-hybridized carbons (Fsp3) is 0.444. The standard InChI is InChI=1S/C27H32N4O2S/c1-19(2)34(32,33)29-21-11-9-20(10-12-21)27-25(18-28)24-14-13-23(30-15-4-3-5-16-30)17-26(24)31(27)22-7-6-8-22/h9-14,17,19,22,29H,3-8,15-16H2,1-2H3. The molecule has 0 amide bonds. The summed E-state index contributed by atoms with van der Waals surface area (Å²) in [4.78, 5) is 2.46. The molecule has 5 rings (SSSR count). The molecule has 0 unspecified atom stereocenters. The summed E-state index contributed by atoms with van der Waals surface area (Å²) < 4.78 is 29.5. The second kappa shape index (κ2) is 8.99. The minimum atomic E-state index is -3.41. The van der Waals surface area contributed by atoms with Gasteiger partial charge in [0, 0.05) is 35.9 Å². The van der Waals surface area contributed by atoms with Crippen LogP contribution in [0.2, 0.25) is 0 Å². The van der Waals surface area contributed by atoms with Crippen LogP contribution in [0, 0.1) is 11.3 Å². The second-order valence-electron chi connectivity index (χ2n) is 9.81. The summed E-state index contributed by atoms with van der Waals surface area (Å²) in [7, 11) is -3.41. The van der Waals surface area contributed by atoms with E-state index in [2.05, 4.69) is 38.5 Å². The van der Waals surface area contributed by atoms with Gasteiger partial charge in [-0.25, -0.2) is 8.42 Å². The molecule has 1 N–H and O–H groups in total. The molecule has 2 aliphatic rings. The summed E-state index contributed by atoms with van der Waals surface area (Å²) >= 11 is 0. The van der Waals surface area contributed by atoms with E-state index >= 15 is 0 Å². The first-order valence-corrected chi connectivity index (χ1v) is 13.9. The Balaban J connectivity index is 1.60. The van der Waals surface area contributed by atoms with Gasteiger partial charge in [-0.05, 0) is 88.3 Å². The topological polar surface area (TPSA) is 78.1 Å². The Morgan fingerprint density at radius 2 is 1.71 bits per heavy atom. The molecule has 178 valence electrons. The Morgan fingerprint density at radius 1 is 1.00 bits per heavy atom.